The van der Waals surface area contributed by atoms with Crippen LogP contribution in [0.25, 0.3) is 5.57 Å². The Balaban J connectivity index is 2.32. The highest BCUT2D eigenvalue weighted by atomic mass is 32.1. The van der Waals surface area contributed by atoms with Crippen molar-refractivity contribution in [2.75, 3.05) is 5.73 Å². The van der Waals surface area contributed by atoms with E-state index in [1.54, 1.807) is 11.3 Å². The van der Waals surface area contributed by atoms with Gasteiger partial charge in [-0.3, -0.25) is 0 Å². The third kappa shape index (κ3) is 1.82. The van der Waals surface area contributed by atoms with Crippen molar-refractivity contribution in [3.63, 3.8) is 0 Å². The average molecular weight is 208 g/mol. The van der Waals surface area contributed by atoms with Crippen molar-refractivity contribution in [1.82, 2.24) is 4.98 Å². The Bertz CT molecular complexity index is 365. The second-order valence-electron chi connectivity index (χ2n) is 4.17. The fraction of sp³-hybridized carbons (Fsp3) is 0.545. The molecule has 0 spiro atoms. The number of nitrogens with two attached hydrogens (primary N) is 1. The van der Waals surface area contributed by atoms with Crippen LogP contribution in [-0.4, -0.2) is 4.98 Å². The molecule has 0 bridgehead atoms. The van der Waals surface area contributed by atoms with Crippen LogP contribution in [0.1, 0.15) is 38.0 Å². The van der Waals surface area contributed by atoms with E-state index in [0.29, 0.717) is 5.13 Å². The van der Waals surface area contributed by atoms with Gasteiger partial charge in [-0.05, 0) is 37.7 Å². The minimum Gasteiger partial charge on any atom is -0.375 e. The minimum absolute atomic E-state index is 0.679. The molecular formula is C11H16N2S. The highest BCUT2D eigenvalue weighted by Crippen LogP contribution is 2.37. The molecule has 0 radical (unpaired) electrons. The standard InChI is InChI=1S/C11H16N2S/c1-7-3-4-8(2)9(5-7)10-6-13-11(12)14-10/h6-7H,3-5H2,1-2H3,(H2,12,13). The molecule has 2 nitrogen and oxygen atoms in total. The first-order chi connectivity index (χ1) is 6.66. The molecule has 14 heavy (non-hydrogen) atoms. The summed E-state index contributed by atoms with van der Waals surface area (Å²) >= 11 is 1.61. The quantitative estimate of drug-likeness (QED) is 0.769. The van der Waals surface area contributed by atoms with Gasteiger partial charge in [0.05, 0.1) is 4.88 Å². The highest BCUT2D eigenvalue weighted by Gasteiger charge is 2.17. The van der Waals surface area contributed by atoms with Crippen LogP contribution in [0.2, 0.25) is 0 Å². The summed E-state index contributed by atoms with van der Waals surface area (Å²) in [5.74, 6) is 0.803. The van der Waals surface area contributed by atoms with Crippen LogP contribution in [0.15, 0.2) is 11.8 Å². The summed E-state index contributed by atoms with van der Waals surface area (Å²) in [6.45, 7) is 4.55. The van der Waals surface area contributed by atoms with Gasteiger partial charge in [0.25, 0.3) is 0 Å². The molecule has 0 fully saturated rings. The lowest BCUT2D eigenvalue weighted by atomic mass is 9.85. The van der Waals surface area contributed by atoms with Crippen LogP contribution in [0.4, 0.5) is 5.13 Å². The van der Waals surface area contributed by atoms with E-state index in [1.165, 1.54) is 35.3 Å². The molecule has 0 aromatic carbocycles. The number of rotatable bonds is 1. The summed E-state index contributed by atoms with van der Waals surface area (Å²) in [5, 5.41) is 0.679. The minimum atomic E-state index is 0.679. The van der Waals surface area contributed by atoms with Crippen molar-refractivity contribution in [2.24, 2.45) is 5.92 Å². The molecular weight excluding hydrogens is 192 g/mol. The topological polar surface area (TPSA) is 38.9 Å². The van der Waals surface area contributed by atoms with Crippen LogP contribution >= 0.6 is 11.3 Å². The van der Waals surface area contributed by atoms with Gasteiger partial charge < -0.3 is 5.73 Å². The molecule has 0 saturated carbocycles. The molecule has 1 unspecified atom stereocenters. The van der Waals surface area contributed by atoms with Crippen LogP contribution in [0.3, 0.4) is 0 Å². The molecule has 0 saturated heterocycles. The van der Waals surface area contributed by atoms with E-state index in [1.807, 2.05) is 6.20 Å². The summed E-state index contributed by atoms with van der Waals surface area (Å²) in [6, 6.07) is 0. The van der Waals surface area contributed by atoms with E-state index in [0.717, 1.165) is 5.92 Å². The van der Waals surface area contributed by atoms with Crippen molar-refractivity contribution < 1.29 is 0 Å². The van der Waals surface area contributed by atoms with Crippen LogP contribution in [0.5, 0.6) is 0 Å². The van der Waals surface area contributed by atoms with Gasteiger partial charge in [0, 0.05) is 6.20 Å². The summed E-state index contributed by atoms with van der Waals surface area (Å²) in [6.07, 6.45) is 5.66. The van der Waals surface area contributed by atoms with Crippen molar-refractivity contribution in [3.05, 3.63) is 16.6 Å². The van der Waals surface area contributed by atoms with Gasteiger partial charge in [-0.15, -0.1) is 0 Å². The summed E-state index contributed by atoms with van der Waals surface area (Å²) < 4.78 is 0. The zero-order valence-corrected chi connectivity index (χ0v) is 9.53. The zero-order valence-electron chi connectivity index (χ0n) is 8.71. The van der Waals surface area contributed by atoms with Crippen molar-refractivity contribution in [2.45, 2.75) is 33.1 Å². The van der Waals surface area contributed by atoms with E-state index in [-0.39, 0.29) is 0 Å². The number of nitrogens with zero attached hydrogens (tertiary/aromatic N) is 1. The van der Waals surface area contributed by atoms with Gasteiger partial charge in [0.1, 0.15) is 0 Å². The molecule has 1 aromatic heterocycles. The predicted octanol–water partition coefficient (Wildman–Crippen LogP) is 3.32. The van der Waals surface area contributed by atoms with E-state index in [9.17, 15) is 0 Å². The van der Waals surface area contributed by atoms with Crippen molar-refractivity contribution in [3.8, 4) is 0 Å². The van der Waals surface area contributed by atoms with Gasteiger partial charge in [0.15, 0.2) is 5.13 Å². The van der Waals surface area contributed by atoms with E-state index >= 15 is 0 Å². The summed E-state index contributed by atoms with van der Waals surface area (Å²) in [7, 11) is 0. The SMILES string of the molecule is CC1=C(c2cnc(N)s2)CC(C)CC1. The lowest BCUT2D eigenvalue weighted by Gasteiger charge is -2.22. The number of hydrogen-bond acceptors (Lipinski definition) is 3. The van der Waals surface area contributed by atoms with Gasteiger partial charge >= 0.3 is 0 Å². The number of thiazole rings is 1. The average Bonchev–Trinajstić information content (AvgIpc) is 2.56. The van der Waals surface area contributed by atoms with Crippen LogP contribution in [-0.2, 0) is 0 Å². The predicted molar refractivity (Wildman–Crippen MR) is 62.1 cm³/mol. The summed E-state index contributed by atoms with van der Waals surface area (Å²) in [5.41, 5.74) is 8.65. The maximum absolute atomic E-state index is 5.65. The Labute approximate surface area is 88.9 Å². The number of nitrogen functional groups attached to an aromatic ring is 1. The molecule has 0 amide bonds. The van der Waals surface area contributed by atoms with Gasteiger partial charge in [0.2, 0.25) is 0 Å². The van der Waals surface area contributed by atoms with Gasteiger partial charge in [-0.25, -0.2) is 4.98 Å². The fourth-order valence-corrected chi connectivity index (χ4v) is 2.79. The second kappa shape index (κ2) is 3.73. The molecule has 1 atom stereocenters. The molecule has 0 aliphatic heterocycles. The first-order valence-electron chi connectivity index (χ1n) is 5.07. The third-order valence-electron chi connectivity index (χ3n) is 2.90. The monoisotopic (exact) mass is 208 g/mol. The number of hydrogen-bond donors (Lipinski definition) is 1. The number of aromatic nitrogens is 1. The fourth-order valence-electron chi connectivity index (χ4n) is 1.98. The Hall–Kier alpha value is -0.830. The number of allylic oxidation sites excluding steroid dienone is 2. The van der Waals surface area contributed by atoms with Crippen LogP contribution in [0, 0.1) is 5.92 Å². The first-order valence-corrected chi connectivity index (χ1v) is 5.88. The van der Waals surface area contributed by atoms with Gasteiger partial charge in [-0.2, -0.15) is 0 Å². The molecule has 3 heteroatoms. The largest absolute Gasteiger partial charge is 0.375 e. The van der Waals surface area contributed by atoms with Gasteiger partial charge in [-0.1, -0.05) is 23.8 Å². The first kappa shape index (κ1) is 9.71. The highest BCUT2D eigenvalue weighted by molar-refractivity contribution is 7.16. The Kier molecular flexibility index (Phi) is 2.59. The Morgan fingerprint density at radius 1 is 1.57 bits per heavy atom. The molecule has 1 heterocycles. The van der Waals surface area contributed by atoms with Crippen LogP contribution < -0.4 is 5.73 Å². The van der Waals surface area contributed by atoms with E-state index < -0.39 is 0 Å². The summed E-state index contributed by atoms with van der Waals surface area (Å²) in [4.78, 5) is 5.38. The molecule has 2 rings (SSSR count). The Morgan fingerprint density at radius 2 is 2.36 bits per heavy atom. The lowest BCUT2D eigenvalue weighted by Crippen LogP contribution is -2.04. The van der Waals surface area contributed by atoms with E-state index in [2.05, 4.69) is 18.8 Å². The zero-order chi connectivity index (χ0) is 10.1. The molecule has 2 N–H and O–H groups in total. The molecule has 1 aromatic rings. The second-order valence-corrected chi connectivity index (χ2v) is 5.23. The maximum Gasteiger partial charge on any atom is 0.180 e. The lowest BCUT2D eigenvalue weighted by molar-refractivity contribution is 0.524. The molecule has 1 aliphatic carbocycles. The number of anilines is 1. The Morgan fingerprint density at radius 3 is 3.00 bits per heavy atom. The smallest absolute Gasteiger partial charge is 0.180 e. The maximum atomic E-state index is 5.65. The van der Waals surface area contributed by atoms with Crippen molar-refractivity contribution >= 4 is 22.0 Å². The molecule has 76 valence electrons. The normalized spacial score (nSPS) is 22.9. The third-order valence-corrected chi connectivity index (χ3v) is 3.79. The van der Waals surface area contributed by atoms with E-state index in [4.69, 9.17) is 5.73 Å². The van der Waals surface area contributed by atoms with Crippen molar-refractivity contribution in [1.29, 1.82) is 0 Å². The molecule has 1 aliphatic rings.